The van der Waals surface area contributed by atoms with Crippen molar-refractivity contribution in [3.05, 3.63) is 36.4 Å². The van der Waals surface area contributed by atoms with Gasteiger partial charge in [-0.05, 0) is 49.8 Å². The first-order valence-corrected chi connectivity index (χ1v) is 9.98. The second-order valence-corrected chi connectivity index (χ2v) is 7.72. The zero-order valence-corrected chi connectivity index (χ0v) is 15.6. The Labute approximate surface area is 155 Å². The Morgan fingerprint density at radius 2 is 1.77 bits per heavy atom. The second-order valence-electron chi connectivity index (χ2n) is 7.72. The smallest absolute Gasteiger partial charge is 0.226 e. The summed E-state index contributed by atoms with van der Waals surface area (Å²) < 4.78 is 1.88. The summed E-state index contributed by atoms with van der Waals surface area (Å²) >= 11 is 0. The molecule has 2 fully saturated rings. The molecule has 5 heteroatoms. The SMILES string of the molecule is Cn1cc(-c2ccncc2)c([C@@H]2CCCCN2C(=O)C2CCCCC2)n1. The number of carbonyl (C=O) groups is 1. The minimum Gasteiger partial charge on any atom is -0.334 e. The Hall–Kier alpha value is -2.17. The van der Waals surface area contributed by atoms with E-state index in [-0.39, 0.29) is 12.0 Å². The molecule has 5 nitrogen and oxygen atoms in total. The van der Waals surface area contributed by atoms with E-state index >= 15 is 0 Å². The predicted molar refractivity (Wildman–Crippen MR) is 101 cm³/mol. The van der Waals surface area contributed by atoms with Crippen LogP contribution < -0.4 is 0 Å². The Morgan fingerprint density at radius 1 is 1.04 bits per heavy atom. The van der Waals surface area contributed by atoms with Gasteiger partial charge in [0.05, 0.1) is 11.7 Å². The van der Waals surface area contributed by atoms with Gasteiger partial charge in [0.1, 0.15) is 0 Å². The van der Waals surface area contributed by atoms with Gasteiger partial charge in [-0.1, -0.05) is 19.3 Å². The van der Waals surface area contributed by atoms with Crippen LogP contribution in [0.3, 0.4) is 0 Å². The third-order valence-corrected chi connectivity index (χ3v) is 5.90. The maximum Gasteiger partial charge on any atom is 0.226 e. The number of aromatic nitrogens is 3. The third kappa shape index (κ3) is 3.39. The molecule has 3 heterocycles. The number of piperidine rings is 1. The van der Waals surface area contributed by atoms with E-state index in [1.165, 1.54) is 19.3 Å². The highest BCUT2D eigenvalue weighted by Gasteiger charge is 2.35. The van der Waals surface area contributed by atoms with E-state index in [4.69, 9.17) is 5.10 Å². The number of hydrogen-bond donors (Lipinski definition) is 0. The number of carbonyl (C=O) groups excluding carboxylic acids is 1. The summed E-state index contributed by atoms with van der Waals surface area (Å²) in [6.45, 7) is 0.867. The summed E-state index contributed by atoms with van der Waals surface area (Å²) in [6.07, 6.45) is 14.8. The maximum atomic E-state index is 13.3. The van der Waals surface area contributed by atoms with Crippen molar-refractivity contribution in [2.75, 3.05) is 6.54 Å². The van der Waals surface area contributed by atoms with Gasteiger partial charge < -0.3 is 4.90 Å². The fraction of sp³-hybridized carbons (Fsp3) is 0.571. The van der Waals surface area contributed by atoms with Crippen LogP contribution in [-0.2, 0) is 11.8 Å². The van der Waals surface area contributed by atoms with Gasteiger partial charge in [0.15, 0.2) is 0 Å². The van der Waals surface area contributed by atoms with E-state index in [0.29, 0.717) is 5.91 Å². The lowest BCUT2D eigenvalue weighted by molar-refractivity contribution is -0.140. The highest BCUT2D eigenvalue weighted by atomic mass is 16.2. The Kier molecular flexibility index (Phi) is 5.05. The predicted octanol–water partition coefficient (Wildman–Crippen LogP) is 4.12. The van der Waals surface area contributed by atoms with Gasteiger partial charge in [-0.3, -0.25) is 14.5 Å². The molecule has 2 aromatic rings. The number of nitrogens with zero attached hydrogens (tertiary/aromatic N) is 4. The standard InChI is InChI=1S/C21H28N4O/c1-24-15-18(16-10-12-22-13-11-16)20(23-24)19-9-5-6-14-25(19)21(26)17-7-3-2-4-8-17/h10-13,15,17,19H,2-9,14H2,1H3/t19-/m0/s1. The van der Waals surface area contributed by atoms with Gasteiger partial charge in [0, 0.05) is 43.7 Å². The van der Waals surface area contributed by atoms with Crippen LogP contribution in [0.4, 0.5) is 0 Å². The molecule has 1 atom stereocenters. The summed E-state index contributed by atoms with van der Waals surface area (Å²) in [5, 5.41) is 4.79. The van der Waals surface area contributed by atoms with E-state index in [1.807, 2.05) is 36.3 Å². The van der Waals surface area contributed by atoms with Crippen molar-refractivity contribution in [3.63, 3.8) is 0 Å². The molecule has 0 aromatic carbocycles. The molecule has 1 saturated heterocycles. The third-order valence-electron chi connectivity index (χ3n) is 5.90. The van der Waals surface area contributed by atoms with Gasteiger partial charge >= 0.3 is 0 Å². The van der Waals surface area contributed by atoms with Gasteiger partial charge in [-0.25, -0.2) is 0 Å². The van der Waals surface area contributed by atoms with Crippen LogP contribution in [0.1, 0.15) is 63.1 Å². The molecule has 1 saturated carbocycles. The van der Waals surface area contributed by atoms with Crippen molar-refractivity contribution in [2.45, 2.75) is 57.4 Å². The van der Waals surface area contributed by atoms with Crippen molar-refractivity contribution >= 4 is 5.91 Å². The summed E-state index contributed by atoms with van der Waals surface area (Å²) in [5.41, 5.74) is 3.30. The first-order valence-electron chi connectivity index (χ1n) is 9.98. The minimum absolute atomic E-state index is 0.0996. The van der Waals surface area contributed by atoms with Crippen LogP contribution in [0.5, 0.6) is 0 Å². The van der Waals surface area contributed by atoms with E-state index in [1.54, 1.807) is 0 Å². The topological polar surface area (TPSA) is 51.0 Å². The van der Waals surface area contributed by atoms with Crippen molar-refractivity contribution < 1.29 is 4.79 Å². The Balaban J connectivity index is 1.66. The molecule has 0 unspecified atom stereocenters. The average Bonchev–Trinajstić information content (AvgIpc) is 3.10. The molecular formula is C21H28N4O. The average molecular weight is 352 g/mol. The molecule has 4 rings (SSSR count). The molecule has 1 amide bonds. The molecule has 2 aromatic heterocycles. The zero-order chi connectivity index (χ0) is 17.9. The molecule has 0 spiro atoms. The van der Waals surface area contributed by atoms with Crippen molar-refractivity contribution in [1.82, 2.24) is 19.7 Å². The fourth-order valence-corrected chi connectivity index (χ4v) is 4.57. The zero-order valence-electron chi connectivity index (χ0n) is 15.6. The van der Waals surface area contributed by atoms with Crippen LogP contribution >= 0.6 is 0 Å². The molecule has 0 N–H and O–H groups in total. The molecule has 0 radical (unpaired) electrons. The maximum absolute atomic E-state index is 13.3. The molecule has 26 heavy (non-hydrogen) atoms. The first-order chi connectivity index (χ1) is 12.7. The van der Waals surface area contributed by atoms with E-state index in [0.717, 1.165) is 55.5 Å². The number of amides is 1. The monoisotopic (exact) mass is 352 g/mol. The molecule has 0 bridgehead atoms. The number of pyridine rings is 1. The van der Waals surface area contributed by atoms with Crippen molar-refractivity contribution in [2.24, 2.45) is 13.0 Å². The number of hydrogen-bond acceptors (Lipinski definition) is 3. The summed E-state index contributed by atoms with van der Waals surface area (Å²) in [5.74, 6) is 0.582. The Morgan fingerprint density at radius 3 is 2.54 bits per heavy atom. The van der Waals surface area contributed by atoms with Crippen LogP contribution in [0.2, 0.25) is 0 Å². The second kappa shape index (κ2) is 7.60. The number of aryl methyl sites for hydroxylation is 1. The molecular weight excluding hydrogens is 324 g/mol. The molecule has 1 aliphatic heterocycles. The summed E-state index contributed by atoms with van der Waals surface area (Å²) in [4.78, 5) is 19.6. The van der Waals surface area contributed by atoms with Crippen LogP contribution in [0.15, 0.2) is 30.7 Å². The largest absolute Gasteiger partial charge is 0.334 e. The fourth-order valence-electron chi connectivity index (χ4n) is 4.57. The van der Waals surface area contributed by atoms with Crippen LogP contribution in [-0.4, -0.2) is 32.1 Å². The quantitative estimate of drug-likeness (QED) is 0.835. The van der Waals surface area contributed by atoms with Crippen molar-refractivity contribution in [1.29, 1.82) is 0 Å². The Bertz CT molecular complexity index is 749. The van der Waals surface area contributed by atoms with Gasteiger partial charge in [0.25, 0.3) is 0 Å². The van der Waals surface area contributed by atoms with E-state index in [9.17, 15) is 4.79 Å². The molecule has 1 aliphatic carbocycles. The first kappa shape index (κ1) is 17.3. The lowest BCUT2D eigenvalue weighted by atomic mass is 9.86. The van der Waals surface area contributed by atoms with Gasteiger partial charge in [-0.2, -0.15) is 5.10 Å². The van der Waals surface area contributed by atoms with Crippen LogP contribution in [0.25, 0.3) is 11.1 Å². The summed E-state index contributed by atoms with van der Waals surface area (Å²) in [6, 6.07) is 4.15. The lowest BCUT2D eigenvalue weighted by Crippen LogP contribution is -2.42. The number of rotatable bonds is 3. The van der Waals surface area contributed by atoms with E-state index in [2.05, 4.69) is 16.1 Å². The minimum atomic E-state index is 0.0996. The highest BCUT2D eigenvalue weighted by Crippen LogP contribution is 2.38. The van der Waals surface area contributed by atoms with Crippen molar-refractivity contribution in [3.8, 4) is 11.1 Å². The van der Waals surface area contributed by atoms with E-state index < -0.39 is 0 Å². The number of likely N-dealkylation sites (tertiary alicyclic amines) is 1. The van der Waals surface area contributed by atoms with Gasteiger partial charge in [-0.15, -0.1) is 0 Å². The van der Waals surface area contributed by atoms with Crippen LogP contribution in [0, 0.1) is 5.92 Å². The lowest BCUT2D eigenvalue weighted by Gasteiger charge is -2.38. The molecule has 138 valence electrons. The normalized spacial score (nSPS) is 21.7. The highest BCUT2D eigenvalue weighted by molar-refractivity contribution is 5.80. The molecule has 2 aliphatic rings. The van der Waals surface area contributed by atoms with Gasteiger partial charge in [0.2, 0.25) is 5.91 Å². The summed E-state index contributed by atoms with van der Waals surface area (Å²) in [7, 11) is 1.96.